The van der Waals surface area contributed by atoms with Crippen molar-refractivity contribution in [2.45, 2.75) is 70.0 Å². The van der Waals surface area contributed by atoms with Crippen molar-refractivity contribution in [2.24, 2.45) is 0 Å². The average Bonchev–Trinajstić information content (AvgIpc) is 3.55. The van der Waals surface area contributed by atoms with Gasteiger partial charge in [-0.3, -0.25) is 14.8 Å². The minimum atomic E-state index is -0.805. The third-order valence-corrected chi connectivity index (χ3v) is 11.4. The summed E-state index contributed by atoms with van der Waals surface area (Å²) in [6.45, 7) is 10.8. The Morgan fingerprint density at radius 3 is 2.42 bits per heavy atom. The summed E-state index contributed by atoms with van der Waals surface area (Å²) in [4.78, 5) is 55.5. The van der Waals surface area contributed by atoms with E-state index in [4.69, 9.17) is 4.84 Å². The van der Waals surface area contributed by atoms with Gasteiger partial charge in [-0.1, -0.05) is 31.2 Å². The molecule has 2 unspecified atom stereocenters. The minimum absolute atomic E-state index is 0.0517. The fourth-order valence-electron chi connectivity index (χ4n) is 8.24. The summed E-state index contributed by atoms with van der Waals surface area (Å²) in [6.07, 6.45) is 5.62. The number of benzene rings is 2. The molecule has 3 aromatic rings. The predicted octanol–water partition coefficient (Wildman–Crippen LogP) is 3.78. The summed E-state index contributed by atoms with van der Waals surface area (Å²) >= 11 is 0. The molecule has 2 atom stereocenters. The number of piperidine rings is 2. The minimum Gasteiger partial charge on any atom is -0.351 e. The average molecular weight is 686 g/mol. The molecule has 0 aliphatic carbocycles. The summed E-state index contributed by atoms with van der Waals surface area (Å²) in [6, 6.07) is 11.8. The van der Waals surface area contributed by atoms with Gasteiger partial charge in [0.1, 0.15) is 6.04 Å². The van der Waals surface area contributed by atoms with E-state index in [1.807, 2.05) is 47.9 Å². The van der Waals surface area contributed by atoms with Crippen LogP contribution < -0.4 is 10.6 Å². The van der Waals surface area contributed by atoms with Crippen LogP contribution in [0.2, 0.25) is 0 Å². The third kappa shape index (κ3) is 7.45. The summed E-state index contributed by atoms with van der Waals surface area (Å²) in [5.41, 5.74) is 4.96. The zero-order chi connectivity index (χ0) is 34.8. The molecule has 1 aromatic heterocycles. The molecule has 0 radical (unpaired) electrons. The summed E-state index contributed by atoms with van der Waals surface area (Å²) in [7, 11) is 2.18. The van der Waals surface area contributed by atoms with Crippen molar-refractivity contribution in [3.63, 3.8) is 0 Å². The molecular weight excluding hydrogens is 634 g/mol. The Morgan fingerprint density at radius 2 is 1.66 bits per heavy atom. The fraction of sp³-hybridized carbons (Fsp3) is 0.568. The van der Waals surface area contributed by atoms with Crippen LogP contribution in [0.1, 0.15) is 55.2 Å². The lowest BCUT2D eigenvalue weighted by Gasteiger charge is -2.43. The Kier molecular flexibility index (Phi) is 10.2. The molecule has 7 rings (SSSR count). The normalized spacial score (nSPS) is 21.7. The summed E-state index contributed by atoms with van der Waals surface area (Å²) in [5.74, 6) is -0.398. The van der Waals surface area contributed by atoms with Crippen LogP contribution in [0.3, 0.4) is 0 Å². The van der Waals surface area contributed by atoms with Gasteiger partial charge in [0.25, 0.3) is 0 Å². The third-order valence-electron chi connectivity index (χ3n) is 11.4. The van der Waals surface area contributed by atoms with E-state index >= 15 is 0 Å². The smallest absolute Gasteiger partial charge is 0.351 e. The first-order chi connectivity index (χ1) is 24.2. The van der Waals surface area contributed by atoms with E-state index in [9.17, 15) is 14.4 Å². The number of amides is 4. The van der Waals surface area contributed by atoms with Gasteiger partial charge in [-0.15, -0.1) is 5.06 Å². The second-order valence-electron chi connectivity index (χ2n) is 14.5. The topological polar surface area (TPSA) is 129 Å². The molecule has 4 aliphatic rings. The molecule has 0 spiro atoms. The van der Waals surface area contributed by atoms with Crippen molar-refractivity contribution in [1.82, 2.24) is 40.2 Å². The zero-order valence-electron chi connectivity index (χ0n) is 29.6. The molecule has 4 aliphatic heterocycles. The number of hydrogen-bond acceptors (Lipinski definition) is 8. The van der Waals surface area contributed by atoms with E-state index in [-0.39, 0.29) is 23.9 Å². The molecule has 0 saturated carbocycles. The largest absolute Gasteiger partial charge is 0.426 e. The lowest BCUT2D eigenvalue weighted by Crippen LogP contribution is -2.58. The van der Waals surface area contributed by atoms with Crippen LogP contribution in [-0.2, 0) is 16.1 Å². The van der Waals surface area contributed by atoms with E-state index < -0.39 is 12.1 Å². The number of piperazine rings is 1. The van der Waals surface area contributed by atoms with Gasteiger partial charge in [0.15, 0.2) is 0 Å². The van der Waals surface area contributed by atoms with E-state index in [2.05, 4.69) is 49.8 Å². The van der Waals surface area contributed by atoms with Crippen LogP contribution in [-0.4, -0.2) is 137 Å². The van der Waals surface area contributed by atoms with Gasteiger partial charge in [-0.2, -0.15) is 5.10 Å². The molecule has 13 nitrogen and oxygen atoms in total. The van der Waals surface area contributed by atoms with Gasteiger partial charge in [-0.25, -0.2) is 9.59 Å². The first-order valence-corrected chi connectivity index (χ1v) is 18.3. The molecule has 0 bridgehead atoms. The highest BCUT2D eigenvalue weighted by Crippen LogP contribution is 2.29. The number of H-pyrrole nitrogens is 1. The van der Waals surface area contributed by atoms with E-state index in [0.717, 1.165) is 78.7 Å². The van der Waals surface area contributed by atoms with Crippen molar-refractivity contribution >= 4 is 34.6 Å². The second kappa shape index (κ2) is 15.0. The van der Waals surface area contributed by atoms with Gasteiger partial charge >= 0.3 is 12.1 Å². The van der Waals surface area contributed by atoms with Crippen molar-refractivity contribution in [1.29, 1.82) is 0 Å². The molecule has 5 heterocycles. The molecule has 2 aromatic carbocycles. The summed E-state index contributed by atoms with van der Waals surface area (Å²) < 4.78 is 0. The SMILES string of the molecule is Cc1cc(C(C)C(NC(=O)ON2CCC(N3CCc4ccccc4NC3=O)CC2)C(=O)N2CCN(C3CCN(C)CC3)CC2)cc2cn[nH]c12. The zero-order valence-corrected chi connectivity index (χ0v) is 29.6. The van der Waals surface area contributed by atoms with Crippen LogP contribution in [0.5, 0.6) is 0 Å². The monoisotopic (exact) mass is 685 g/mol. The van der Waals surface area contributed by atoms with Crippen molar-refractivity contribution in [3.05, 3.63) is 59.3 Å². The first kappa shape index (κ1) is 34.3. The number of aromatic nitrogens is 2. The standard InChI is InChI=1S/C37H51N9O4/c1-25-22-28(23-29-24-38-41-33(25)29)26(2)34(35(47)44-20-18-43(19-21-44)30-9-13-42(3)14-10-30)40-37(49)50-45-15-11-31(12-16-45)46-17-8-27-6-4-5-7-32(27)39-36(46)48/h4-7,22-24,26,30-31,34H,8-21H2,1-3H3,(H,38,41)(H,39,48)(H,40,49). The Bertz CT molecular complexity index is 1670. The number of aromatic amines is 1. The molecule has 4 amide bonds. The highest BCUT2D eigenvalue weighted by molar-refractivity contribution is 5.91. The second-order valence-corrected chi connectivity index (χ2v) is 14.5. The number of carbonyl (C=O) groups excluding carboxylic acids is 3. The first-order valence-electron chi connectivity index (χ1n) is 18.3. The predicted molar refractivity (Wildman–Crippen MR) is 192 cm³/mol. The molecule has 3 fully saturated rings. The number of fused-ring (bicyclic) bond motifs is 2. The number of para-hydroxylation sites is 1. The van der Waals surface area contributed by atoms with Crippen LogP contribution in [0.4, 0.5) is 15.3 Å². The maximum Gasteiger partial charge on any atom is 0.426 e. The molecule has 268 valence electrons. The number of anilines is 1. The van der Waals surface area contributed by atoms with Gasteiger partial charge < -0.3 is 30.2 Å². The van der Waals surface area contributed by atoms with Crippen LogP contribution in [0.15, 0.2) is 42.6 Å². The highest BCUT2D eigenvalue weighted by Gasteiger charge is 2.37. The van der Waals surface area contributed by atoms with Crippen LogP contribution >= 0.6 is 0 Å². The van der Waals surface area contributed by atoms with E-state index in [0.29, 0.717) is 51.6 Å². The Labute approximate surface area is 294 Å². The molecule has 50 heavy (non-hydrogen) atoms. The van der Waals surface area contributed by atoms with E-state index in [1.165, 1.54) is 0 Å². The fourth-order valence-corrected chi connectivity index (χ4v) is 8.24. The van der Waals surface area contributed by atoms with Crippen LogP contribution in [0.25, 0.3) is 10.9 Å². The number of hydroxylamine groups is 2. The lowest BCUT2D eigenvalue weighted by atomic mass is 9.90. The van der Waals surface area contributed by atoms with E-state index in [1.54, 1.807) is 11.3 Å². The number of nitrogens with zero attached hydrogens (tertiary/aromatic N) is 6. The molecular formula is C37H51N9O4. The number of carbonyl (C=O) groups is 3. The highest BCUT2D eigenvalue weighted by atomic mass is 16.7. The van der Waals surface area contributed by atoms with Crippen molar-refractivity contribution in [3.8, 4) is 0 Å². The number of nitrogens with one attached hydrogen (secondary N) is 3. The van der Waals surface area contributed by atoms with Gasteiger partial charge in [0, 0.05) is 74.9 Å². The maximum absolute atomic E-state index is 14.3. The molecule has 13 heteroatoms. The number of likely N-dealkylation sites (tertiary alicyclic amines) is 1. The Morgan fingerprint density at radius 1 is 0.940 bits per heavy atom. The van der Waals surface area contributed by atoms with Gasteiger partial charge in [-0.05, 0) is 88.0 Å². The number of urea groups is 1. The quantitative estimate of drug-likeness (QED) is 0.343. The Balaban J connectivity index is 0.987. The number of aryl methyl sites for hydroxylation is 1. The van der Waals surface area contributed by atoms with Gasteiger partial charge in [0.05, 0.1) is 11.7 Å². The van der Waals surface area contributed by atoms with Gasteiger partial charge in [0.2, 0.25) is 5.91 Å². The van der Waals surface area contributed by atoms with Crippen LogP contribution in [0, 0.1) is 6.92 Å². The molecule has 3 saturated heterocycles. The van der Waals surface area contributed by atoms with Crippen molar-refractivity contribution < 1.29 is 19.2 Å². The summed E-state index contributed by atoms with van der Waals surface area (Å²) in [5, 5.41) is 15.9. The number of hydrogen-bond donors (Lipinski definition) is 3. The Hall–Kier alpha value is -4.20. The number of rotatable bonds is 7. The maximum atomic E-state index is 14.3. The lowest BCUT2D eigenvalue weighted by molar-refractivity contribution is -0.138. The molecule has 3 N–H and O–H groups in total. The van der Waals surface area contributed by atoms with Crippen molar-refractivity contribution in [2.75, 3.05) is 71.3 Å².